The van der Waals surface area contributed by atoms with Crippen molar-refractivity contribution >= 4 is 17.2 Å². The van der Waals surface area contributed by atoms with Crippen molar-refractivity contribution in [2.75, 3.05) is 6.54 Å². The fourth-order valence-electron chi connectivity index (χ4n) is 2.60. The molecule has 0 spiro atoms. The van der Waals surface area contributed by atoms with Gasteiger partial charge in [0, 0.05) is 12.0 Å². The van der Waals surface area contributed by atoms with Gasteiger partial charge in [0.1, 0.15) is 11.4 Å². The molecule has 0 saturated heterocycles. The van der Waals surface area contributed by atoms with Crippen molar-refractivity contribution in [2.24, 2.45) is 0 Å². The molecule has 1 heterocycles. The van der Waals surface area contributed by atoms with E-state index in [1.54, 1.807) is 10.4 Å². The molecule has 19 heavy (non-hydrogen) atoms. The van der Waals surface area contributed by atoms with Crippen molar-refractivity contribution in [3.63, 3.8) is 0 Å². The molecule has 1 saturated carbocycles. The van der Waals surface area contributed by atoms with E-state index in [1.165, 1.54) is 24.2 Å². The zero-order chi connectivity index (χ0) is 13.8. The summed E-state index contributed by atoms with van der Waals surface area (Å²) in [6.07, 6.45) is 4.71. The molecule has 1 aromatic rings. The number of hydrogen-bond donors (Lipinski definition) is 0. The van der Waals surface area contributed by atoms with Gasteiger partial charge >= 0.3 is 0 Å². The second-order valence-electron chi connectivity index (χ2n) is 5.23. The molecule has 1 aliphatic carbocycles. The lowest BCUT2D eigenvalue weighted by atomic mass is 10.0. The largest absolute Gasteiger partial charge is 0.322 e. The first kappa shape index (κ1) is 14.0. The third-order valence-corrected chi connectivity index (χ3v) is 4.49. The van der Waals surface area contributed by atoms with Gasteiger partial charge in [0.05, 0.1) is 17.3 Å². The van der Waals surface area contributed by atoms with E-state index in [-0.39, 0.29) is 18.5 Å². The molecule has 1 amide bonds. The van der Waals surface area contributed by atoms with E-state index in [1.807, 2.05) is 13.8 Å². The third-order valence-electron chi connectivity index (χ3n) is 3.66. The molecular formula is C14H19N3OS. The lowest BCUT2D eigenvalue weighted by Crippen LogP contribution is -2.37. The minimum absolute atomic E-state index is 0.0330. The maximum atomic E-state index is 12.6. The maximum Gasteiger partial charge on any atom is 0.266 e. The van der Waals surface area contributed by atoms with E-state index in [0.717, 1.165) is 23.4 Å². The fraction of sp³-hybridized carbons (Fsp3) is 0.643. The summed E-state index contributed by atoms with van der Waals surface area (Å²) >= 11 is 1.40. The van der Waals surface area contributed by atoms with Crippen molar-refractivity contribution < 1.29 is 4.79 Å². The second kappa shape index (κ2) is 6.16. The predicted molar refractivity (Wildman–Crippen MR) is 75.1 cm³/mol. The van der Waals surface area contributed by atoms with Crippen molar-refractivity contribution in [3.05, 3.63) is 16.1 Å². The van der Waals surface area contributed by atoms with E-state index in [2.05, 4.69) is 11.1 Å². The number of aromatic nitrogens is 1. The monoisotopic (exact) mass is 277 g/mol. The standard InChI is InChI=1S/C14H19N3OS/c1-10(2)17(8-7-15)14(18)13-12(16-9-19-13)11-5-3-4-6-11/h9-11H,3-6,8H2,1-2H3. The molecular weight excluding hydrogens is 258 g/mol. The Balaban J connectivity index is 2.23. The molecule has 0 aliphatic heterocycles. The highest BCUT2D eigenvalue weighted by Crippen LogP contribution is 2.36. The predicted octanol–water partition coefficient (Wildman–Crippen LogP) is 3.17. The summed E-state index contributed by atoms with van der Waals surface area (Å²) in [6.45, 7) is 4.01. The highest BCUT2D eigenvalue weighted by molar-refractivity contribution is 7.11. The van der Waals surface area contributed by atoms with Crippen LogP contribution in [0.4, 0.5) is 0 Å². The van der Waals surface area contributed by atoms with Crippen LogP contribution < -0.4 is 0 Å². The normalized spacial score (nSPS) is 15.7. The first-order valence-electron chi connectivity index (χ1n) is 6.76. The highest BCUT2D eigenvalue weighted by Gasteiger charge is 2.28. The fourth-order valence-corrected chi connectivity index (χ4v) is 3.43. The lowest BCUT2D eigenvalue weighted by molar-refractivity contribution is 0.0734. The summed E-state index contributed by atoms with van der Waals surface area (Å²) in [6, 6.07) is 2.10. The molecule has 0 N–H and O–H groups in total. The molecule has 0 unspecified atom stereocenters. The summed E-state index contributed by atoms with van der Waals surface area (Å²) in [7, 11) is 0. The first-order chi connectivity index (χ1) is 9.15. The Morgan fingerprint density at radius 1 is 1.58 bits per heavy atom. The van der Waals surface area contributed by atoms with Gasteiger partial charge in [-0.1, -0.05) is 12.8 Å². The van der Waals surface area contributed by atoms with Gasteiger partial charge in [-0.3, -0.25) is 4.79 Å². The van der Waals surface area contributed by atoms with Crippen LogP contribution in [-0.2, 0) is 0 Å². The van der Waals surface area contributed by atoms with Crippen LogP contribution in [0.5, 0.6) is 0 Å². The van der Waals surface area contributed by atoms with E-state index < -0.39 is 0 Å². The number of nitriles is 1. The average molecular weight is 277 g/mol. The number of hydrogen-bond acceptors (Lipinski definition) is 4. The molecule has 102 valence electrons. The lowest BCUT2D eigenvalue weighted by Gasteiger charge is -2.24. The van der Waals surface area contributed by atoms with Gasteiger partial charge in [0.2, 0.25) is 0 Å². The average Bonchev–Trinajstić information content (AvgIpc) is 3.03. The van der Waals surface area contributed by atoms with E-state index in [4.69, 9.17) is 5.26 Å². The van der Waals surface area contributed by atoms with Gasteiger partial charge in [-0.05, 0) is 26.7 Å². The van der Waals surface area contributed by atoms with Gasteiger partial charge in [-0.2, -0.15) is 5.26 Å². The van der Waals surface area contributed by atoms with Crippen molar-refractivity contribution in [2.45, 2.75) is 51.5 Å². The molecule has 5 heteroatoms. The van der Waals surface area contributed by atoms with Crippen molar-refractivity contribution in [3.8, 4) is 6.07 Å². The third kappa shape index (κ3) is 2.95. The van der Waals surface area contributed by atoms with Crippen LogP contribution in [0, 0.1) is 11.3 Å². The molecule has 0 bridgehead atoms. The van der Waals surface area contributed by atoms with Gasteiger partial charge in [0.25, 0.3) is 5.91 Å². The zero-order valence-electron chi connectivity index (χ0n) is 11.4. The maximum absolute atomic E-state index is 12.6. The number of rotatable bonds is 4. The van der Waals surface area contributed by atoms with Crippen LogP contribution in [-0.4, -0.2) is 28.4 Å². The molecule has 0 aromatic carbocycles. The van der Waals surface area contributed by atoms with E-state index >= 15 is 0 Å². The van der Waals surface area contributed by atoms with Crippen LogP contribution in [0.3, 0.4) is 0 Å². The number of carbonyl (C=O) groups is 1. The Morgan fingerprint density at radius 3 is 2.84 bits per heavy atom. The zero-order valence-corrected chi connectivity index (χ0v) is 12.2. The van der Waals surface area contributed by atoms with Crippen LogP contribution >= 0.6 is 11.3 Å². The Kier molecular flexibility index (Phi) is 4.54. The number of nitrogens with zero attached hydrogens (tertiary/aromatic N) is 3. The van der Waals surface area contributed by atoms with Gasteiger partial charge in [-0.15, -0.1) is 11.3 Å². The van der Waals surface area contributed by atoms with Gasteiger partial charge in [-0.25, -0.2) is 4.98 Å². The Labute approximate surface area is 118 Å². The molecule has 4 nitrogen and oxygen atoms in total. The van der Waals surface area contributed by atoms with Crippen LogP contribution in [0.15, 0.2) is 5.51 Å². The van der Waals surface area contributed by atoms with E-state index in [9.17, 15) is 4.79 Å². The smallest absolute Gasteiger partial charge is 0.266 e. The highest BCUT2D eigenvalue weighted by atomic mass is 32.1. The van der Waals surface area contributed by atoms with Crippen LogP contribution in [0.1, 0.15) is 60.8 Å². The molecule has 1 aliphatic rings. The summed E-state index contributed by atoms with van der Waals surface area (Å²) in [5.74, 6) is 0.391. The van der Waals surface area contributed by atoms with Crippen molar-refractivity contribution in [1.82, 2.24) is 9.88 Å². The van der Waals surface area contributed by atoms with Gasteiger partial charge < -0.3 is 4.90 Å². The number of amides is 1. The Hall–Kier alpha value is -1.41. The van der Waals surface area contributed by atoms with Crippen LogP contribution in [0.25, 0.3) is 0 Å². The summed E-state index contributed by atoms with van der Waals surface area (Å²) in [5, 5.41) is 8.86. The summed E-state index contributed by atoms with van der Waals surface area (Å²) in [4.78, 5) is 19.3. The summed E-state index contributed by atoms with van der Waals surface area (Å²) < 4.78 is 0. The Morgan fingerprint density at radius 2 is 2.26 bits per heavy atom. The number of carbonyl (C=O) groups excluding carboxylic acids is 1. The molecule has 1 fully saturated rings. The Bertz CT molecular complexity index is 483. The van der Waals surface area contributed by atoms with E-state index in [0.29, 0.717) is 5.92 Å². The minimum Gasteiger partial charge on any atom is -0.322 e. The number of thiazole rings is 1. The molecule has 0 atom stereocenters. The van der Waals surface area contributed by atoms with Crippen molar-refractivity contribution in [1.29, 1.82) is 5.26 Å². The van der Waals surface area contributed by atoms with Gasteiger partial charge in [0.15, 0.2) is 0 Å². The summed E-state index contributed by atoms with van der Waals surface area (Å²) in [5.41, 5.74) is 2.71. The van der Waals surface area contributed by atoms with Crippen LogP contribution in [0.2, 0.25) is 0 Å². The topological polar surface area (TPSA) is 57.0 Å². The quantitative estimate of drug-likeness (QED) is 0.794. The molecule has 1 aromatic heterocycles. The second-order valence-corrected chi connectivity index (χ2v) is 6.09. The minimum atomic E-state index is -0.0408. The SMILES string of the molecule is CC(C)N(CC#N)C(=O)c1scnc1C1CCCC1. The molecule has 0 radical (unpaired) electrons. The first-order valence-corrected chi connectivity index (χ1v) is 7.64. The molecule has 2 rings (SSSR count).